The molecule has 0 aromatic heterocycles. The van der Waals surface area contributed by atoms with Gasteiger partial charge in [0.15, 0.2) is 0 Å². The van der Waals surface area contributed by atoms with Gasteiger partial charge in [0.2, 0.25) is 0 Å². The highest BCUT2D eigenvalue weighted by Gasteiger charge is 2.63. The summed E-state index contributed by atoms with van der Waals surface area (Å²) in [6.07, 6.45) is 4.72. The maximum Gasteiger partial charge on any atom is 0.316 e. The van der Waals surface area contributed by atoms with Crippen LogP contribution in [-0.2, 0) is 14.3 Å². The standard InChI is InChI=1S/C20H27NO4/c1-2-3-9-21-16-10-14(11-17(21)19-18(16)25-19)24-20(23)15(12-22)13-7-5-4-6-8-13/h4-8,14-19,22H,2-3,9-12H2,1H3/t14?,15-,16?,17?,18-,19+/m1/s1. The number of hydrogen-bond donors (Lipinski definition) is 1. The Morgan fingerprint density at radius 3 is 2.56 bits per heavy atom. The molecule has 136 valence electrons. The van der Waals surface area contributed by atoms with E-state index >= 15 is 0 Å². The number of carbonyl (C=O) groups is 1. The van der Waals surface area contributed by atoms with E-state index < -0.39 is 5.92 Å². The molecule has 3 saturated heterocycles. The van der Waals surface area contributed by atoms with E-state index in [-0.39, 0.29) is 18.7 Å². The first-order valence-electron chi connectivity index (χ1n) is 9.50. The number of aliphatic hydroxyl groups excluding tert-OH is 1. The van der Waals surface area contributed by atoms with Crippen LogP contribution in [0.1, 0.15) is 44.1 Å². The van der Waals surface area contributed by atoms with Crippen LogP contribution in [-0.4, -0.2) is 59.5 Å². The van der Waals surface area contributed by atoms with Crippen molar-refractivity contribution in [3.8, 4) is 0 Å². The zero-order valence-electron chi connectivity index (χ0n) is 14.7. The fourth-order valence-corrected chi connectivity index (χ4v) is 4.57. The van der Waals surface area contributed by atoms with Gasteiger partial charge in [0.25, 0.3) is 0 Å². The fourth-order valence-electron chi connectivity index (χ4n) is 4.57. The Morgan fingerprint density at radius 2 is 1.96 bits per heavy atom. The number of rotatable bonds is 7. The van der Waals surface area contributed by atoms with Gasteiger partial charge >= 0.3 is 5.97 Å². The van der Waals surface area contributed by atoms with Crippen LogP contribution in [0.3, 0.4) is 0 Å². The summed E-state index contributed by atoms with van der Waals surface area (Å²) in [6, 6.07) is 10.2. The summed E-state index contributed by atoms with van der Waals surface area (Å²) < 4.78 is 11.6. The maximum absolute atomic E-state index is 12.6. The molecule has 0 spiro atoms. The Morgan fingerprint density at radius 1 is 1.28 bits per heavy atom. The third kappa shape index (κ3) is 3.21. The quantitative estimate of drug-likeness (QED) is 0.606. The fraction of sp³-hybridized carbons (Fsp3) is 0.650. The topological polar surface area (TPSA) is 62.3 Å². The van der Waals surface area contributed by atoms with Crippen LogP contribution >= 0.6 is 0 Å². The summed E-state index contributed by atoms with van der Waals surface area (Å²) in [5, 5.41) is 9.65. The second kappa shape index (κ2) is 7.06. The van der Waals surface area contributed by atoms with Crippen LogP contribution in [0, 0.1) is 0 Å². The number of ether oxygens (including phenoxy) is 2. The van der Waals surface area contributed by atoms with Gasteiger partial charge in [-0.3, -0.25) is 9.69 Å². The molecular formula is C20H27NO4. The highest BCUT2D eigenvalue weighted by Crippen LogP contribution is 2.49. The molecule has 3 aliphatic heterocycles. The second-order valence-electron chi connectivity index (χ2n) is 7.47. The Bertz CT molecular complexity index is 589. The predicted octanol–water partition coefficient (Wildman–Crippen LogP) is 2.09. The number of aliphatic hydroxyl groups is 1. The van der Waals surface area contributed by atoms with Gasteiger partial charge in [0.1, 0.15) is 24.2 Å². The lowest BCUT2D eigenvalue weighted by atomic mass is 9.97. The number of unbranched alkanes of at least 4 members (excludes halogenated alkanes) is 1. The number of fused-ring (bicyclic) bond motifs is 5. The highest BCUT2D eigenvalue weighted by molar-refractivity contribution is 5.78. The third-order valence-electron chi connectivity index (χ3n) is 5.90. The van der Waals surface area contributed by atoms with E-state index in [0.717, 1.165) is 24.9 Å². The normalized spacial score (nSPS) is 34.4. The molecule has 3 unspecified atom stereocenters. The number of benzene rings is 1. The van der Waals surface area contributed by atoms with Crippen molar-refractivity contribution in [1.82, 2.24) is 4.90 Å². The molecule has 3 heterocycles. The van der Waals surface area contributed by atoms with E-state index in [1.165, 1.54) is 12.8 Å². The van der Waals surface area contributed by atoms with Crippen molar-refractivity contribution in [2.24, 2.45) is 0 Å². The predicted molar refractivity (Wildman–Crippen MR) is 93.2 cm³/mol. The van der Waals surface area contributed by atoms with E-state index in [0.29, 0.717) is 24.3 Å². The molecule has 1 aromatic rings. The molecule has 0 amide bonds. The highest BCUT2D eigenvalue weighted by atomic mass is 16.6. The molecule has 1 N–H and O–H groups in total. The minimum Gasteiger partial charge on any atom is -0.462 e. The summed E-state index contributed by atoms with van der Waals surface area (Å²) in [5.41, 5.74) is 0.810. The van der Waals surface area contributed by atoms with Crippen LogP contribution < -0.4 is 0 Å². The molecule has 6 atom stereocenters. The largest absolute Gasteiger partial charge is 0.462 e. The Balaban J connectivity index is 1.39. The third-order valence-corrected chi connectivity index (χ3v) is 5.90. The first kappa shape index (κ1) is 17.0. The zero-order valence-corrected chi connectivity index (χ0v) is 14.7. The average molecular weight is 345 g/mol. The average Bonchev–Trinajstić information content (AvgIpc) is 3.38. The summed E-state index contributed by atoms with van der Waals surface area (Å²) in [7, 11) is 0. The Hall–Kier alpha value is -1.43. The number of esters is 1. The van der Waals surface area contributed by atoms with Crippen LogP contribution in [0.4, 0.5) is 0 Å². The molecule has 1 aromatic carbocycles. The van der Waals surface area contributed by atoms with Crippen LogP contribution in [0.5, 0.6) is 0 Å². The van der Waals surface area contributed by atoms with Gasteiger partial charge in [-0.15, -0.1) is 0 Å². The summed E-state index contributed by atoms with van der Waals surface area (Å²) in [4.78, 5) is 15.2. The molecule has 4 rings (SSSR count). The van der Waals surface area contributed by atoms with Gasteiger partial charge in [-0.2, -0.15) is 0 Å². The van der Waals surface area contributed by atoms with E-state index in [1.807, 2.05) is 30.3 Å². The van der Waals surface area contributed by atoms with Crippen molar-refractivity contribution in [1.29, 1.82) is 0 Å². The Labute approximate surface area is 148 Å². The van der Waals surface area contributed by atoms with Crippen molar-refractivity contribution in [3.63, 3.8) is 0 Å². The van der Waals surface area contributed by atoms with E-state index in [9.17, 15) is 9.90 Å². The summed E-state index contributed by atoms with van der Waals surface area (Å²) in [6.45, 7) is 3.11. The molecule has 3 fully saturated rings. The molecule has 0 saturated carbocycles. The van der Waals surface area contributed by atoms with E-state index in [1.54, 1.807) is 0 Å². The molecule has 2 bridgehead atoms. The lowest BCUT2D eigenvalue weighted by Crippen LogP contribution is -2.50. The van der Waals surface area contributed by atoms with Gasteiger partial charge in [0, 0.05) is 24.9 Å². The summed E-state index contributed by atoms with van der Waals surface area (Å²) >= 11 is 0. The number of carbonyl (C=O) groups excluding carboxylic acids is 1. The molecule has 25 heavy (non-hydrogen) atoms. The Kier molecular flexibility index (Phi) is 4.80. The molecule has 0 radical (unpaired) electrons. The van der Waals surface area contributed by atoms with Crippen LogP contribution in [0.2, 0.25) is 0 Å². The van der Waals surface area contributed by atoms with Gasteiger partial charge in [-0.25, -0.2) is 0 Å². The number of morpholine rings is 1. The number of nitrogens with zero attached hydrogens (tertiary/aromatic N) is 1. The van der Waals surface area contributed by atoms with Crippen molar-refractivity contribution < 1.29 is 19.4 Å². The molecule has 0 aliphatic carbocycles. The molecule has 5 nitrogen and oxygen atoms in total. The van der Waals surface area contributed by atoms with Gasteiger partial charge in [-0.1, -0.05) is 43.7 Å². The lowest BCUT2D eigenvalue weighted by Gasteiger charge is -2.40. The monoisotopic (exact) mass is 345 g/mol. The first-order chi connectivity index (χ1) is 12.2. The zero-order chi connectivity index (χ0) is 17.4. The SMILES string of the molecule is CCCCN1C2CC(OC(=O)[C@H](CO)c3ccccc3)CC1[C@@H]1O[C@H]21. The van der Waals surface area contributed by atoms with Crippen molar-refractivity contribution >= 4 is 5.97 Å². The van der Waals surface area contributed by atoms with Crippen molar-refractivity contribution in [2.75, 3.05) is 13.2 Å². The summed E-state index contributed by atoms with van der Waals surface area (Å²) in [5.74, 6) is -0.905. The van der Waals surface area contributed by atoms with Crippen LogP contribution in [0.25, 0.3) is 0 Å². The van der Waals surface area contributed by atoms with Crippen molar-refractivity contribution in [2.45, 2.75) is 68.9 Å². The van der Waals surface area contributed by atoms with Crippen LogP contribution in [0.15, 0.2) is 30.3 Å². The van der Waals surface area contributed by atoms with Gasteiger partial charge < -0.3 is 14.6 Å². The number of hydrogen-bond acceptors (Lipinski definition) is 5. The van der Waals surface area contributed by atoms with Gasteiger partial charge in [0.05, 0.1) is 6.61 Å². The number of epoxide rings is 1. The molecular weight excluding hydrogens is 318 g/mol. The lowest BCUT2D eigenvalue weighted by molar-refractivity contribution is -0.157. The minimum atomic E-state index is -0.595. The molecule has 5 heteroatoms. The smallest absolute Gasteiger partial charge is 0.316 e. The molecule has 3 aliphatic rings. The van der Waals surface area contributed by atoms with E-state index in [4.69, 9.17) is 9.47 Å². The minimum absolute atomic E-state index is 0.0606. The van der Waals surface area contributed by atoms with Crippen molar-refractivity contribution in [3.05, 3.63) is 35.9 Å². The van der Waals surface area contributed by atoms with E-state index in [2.05, 4.69) is 11.8 Å². The second-order valence-corrected chi connectivity index (χ2v) is 7.47. The van der Waals surface area contributed by atoms with Gasteiger partial charge in [-0.05, 0) is 18.5 Å². The number of piperidine rings is 1. The maximum atomic E-state index is 12.6. The first-order valence-corrected chi connectivity index (χ1v) is 9.50.